The molecule has 0 saturated carbocycles. The number of nitrogens with zero attached hydrogens (tertiary/aromatic N) is 1. The summed E-state index contributed by atoms with van der Waals surface area (Å²) in [6, 6.07) is 22.5. The third kappa shape index (κ3) is 4.27. The van der Waals surface area contributed by atoms with Crippen LogP contribution in [0.2, 0.25) is 0 Å². The molecule has 156 valence electrons. The predicted octanol–water partition coefficient (Wildman–Crippen LogP) is 4.80. The number of ether oxygens (including phenoxy) is 1. The van der Waals surface area contributed by atoms with Crippen molar-refractivity contribution in [2.24, 2.45) is 0 Å². The van der Waals surface area contributed by atoms with Gasteiger partial charge in [-0.3, -0.25) is 4.72 Å². The molecule has 1 heterocycles. The Hall–Kier alpha value is -3.71. The number of fused-ring (bicyclic) bond motifs is 1. The Bertz CT molecular complexity index is 1360. The number of aromatic nitrogens is 1. The smallest absolute Gasteiger partial charge is 0.338 e. The number of hydrogen-bond donors (Lipinski definition) is 1. The van der Waals surface area contributed by atoms with E-state index in [1.807, 2.05) is 31.2 Å². The van der Waals surface area contributed by atoms with Gasteiger partial charge in [0.2, 0.25) is 0 Å². The summed E-state index contributed by atoms with van der Waals surface area (Å²) in [5.74, 6) is -0.442. The first-order chi connectivity index (χ1) is 14.9. The minimum absolute atomic E-state index is 0.195. The van der Waals surface area contributed by atoms with Crippen LogP contribution in [0.3, 0.4) is 0 Å². The van der Waals surface area contributed by atoms with Crippen molar-refractivity contribution in [1.82, 2.24) is 4.98 Å². The van der Waals surface area contributed by atoms with Gasteiger partial charge in [0.1, 0.15) is 0 Å². The molecule has 31 heavy (non-hydrogen) atoms. The van der Waals surface area contributed by atoms with Crippen LogP contribution in [0.5, 0.6) is 0 Å². The second kappa shape index (κ2) is 8.20. The summed E-state index contributed by atoms with van der Waals surface area (Å²) < 4.78 is 32.7. The largest absolute Gasteiger partial charge is 0.465 e. The van der Waals surface area contributed by atoms with Crippen molar-refractivity contribution in [3.63, 3.8) is 0 Å². The van der Waals surface area contributed by atoms with Crippen LogP contribution in [0, 0.1) is 6.92 Å². The van der Waals surface area contributed by atoms with Crippen LogP contribution in [0.1, 0.15) is 15.9 Å². The lowest BCUT2D eigenvalue weighted by Crippen LogP contribution is -2.12. The number of aryl methyl sites for hydroxylation is 1. The number of para-hydroxylation sites is 1. The maximum absolute atomic E-state index is 12.6. The molecule has 4 aromatic rings. The van der Waals surface area contributed by atoms with Crippen LogP contribution in [0.15, 0.2) is 83.8 Å². The lowest BCUT2D eigenvalue weighted by Gasteiger charge is -2.11. The topological polar surface area (TPSA) is 85.4 Å². The number of anilines is 1. The van der Waals surface area contributed by atoms with E-state index in [-0.39, 0.29) is 4.90 Å². The first-order valence-electron chi connectivity index (χ1n) is 9.55. The highest BCUT2D eigenvalue weighted by molar-refractivity contribution is 7.92. The van der Waals surface area contributed by atoms with Crippen molar-refractivity contribution in [2.75, 3.05) is 11.8 Å². The van der Waals surface area contributed by atoms with Crippen molar-refractivity contribution in [3.05, 3.63) is 90.0 Å². The summed E-state index contributed by atoms with van der Waals surface area (Å²) in [4.78, 5) is 17.1. The fourth-order valence-corrected chi connectivity index (χ4v) is 4.30. The van der Waals surface area contributed by atoms with Gasteiger partial charge in [0.25, 0.3) is 10.0 Å². The van der Waals surface area contributed by atoms with Crippen LogP contribution >= 0.6 is 0 Å². The molecule has 0 fully saturated rings. The predicted molar refractivity (Wildman–Crippen MR) is 121 cm³/mol. The third-order valence-corrected chi connectivity index (χ3v) is 6.28. The molecule has 0 unspecified atom stereocenters. The zero-order valence-corrected chi connectivity index (χ0v) is 17.8. The average molecular weight is 433 g/mol. The highest BCUT2D eigenvalue weighted by atomic mass is 32.2. The van der Waals surface area contributed by atoms with E-state index in [0.717, 1.165) is 11.1 Å². The van der Waals surface area contributed by atoms with Crippen LogP contribution in [0.25, 0.3) is 22.2 Å². The van der Waals surface area contributed by atoms with E-state index in [0.29, 0.717) is 27.8 Å². The minimum atomic E-state index is -3.68. The van der Waals surface area contributed by atoms with Gasteiger partial charge in [0.15, 0.2) is 0 Å². The number of sulfonamides is 1. The van der Waals surface area contributed by atoms with Crippen molar-refractivity contribution < 1.29 is 17.9 Å². The fourth-order valence-electron chi connectivity index (χ4n) is 3.24. The van der Waals surface area contributed by atoms with Gasteiger partial charge in [-0.05, 0) is 43.3 Å². The monoisotopic (exact) mass is 432 g/mol. The molecule has 0 saturated heterocycles. The fraction of sp³-hybridized carbons (Fsp3) is 0.0833. The van der Waals surface area contributed by atoms with Gasteiger partial charge in [0.05, 0.1) is 28.8 Å². The van der Waals surface area contributed by atoms with E-state index in [1.54, 1.807) is 54.6 Å². The molecule has 3 aromatic carbocycles. The molecule has 0 radical (unpaired) electrons. The third-order valence-electron chi connectivity index (χ3n) is 4.89. The number of carbonyl (C=O) groups is 1. The molecule has 1 aromatic heterocycles. The SMILES string of the molecule is COC(=O)c1cc(-c2ccc(NS(=O)(=O)c3ccc(C)cc3)cc2)nc2ccccc12. The number of carbonyl (C=O) groups excluding carboxylic acids is 1. The minimum Gasteiger partial charge on any atom is -0.465 e. The molecule has 6 nitrogen and oxygen atoms in total. The summed E-state index contributed by atoms with van der Waals surface area (Å²) in [7, 11) is -2.35. The maximum atomic E-state index is 12.6. The van der Waals surface area contributed by atoms with Gasteiger partial charge in [-0.15, -0.1) is 0 Å². The Balaban J connectivity index is 1.66. The van der Waals surface area contributed by atoms with Crippen LogP contribution in [-0.2, 0) is 14.8 Å². The highest BCUT2D eigenvalue weighted by Crippen LogP contribution is 2.27. The molecule has 0 spiro atoms. The molecule has 0 aliphatic rings. The number of esters is 1. The molecule has 0 atom stereocenters. The average Bonchev–Trinajstić information content (AvgIpc) is 2.78. The van der Waals surface area contributed by atoms with Crippen molar-refractivity contribution in [3.8, 4) is 11.3 Å². The Kier molecular flexibility index (Phi) is 5.44. The molecule has 7 heteroatoms. The van der Waals surface area contributed by atoms with Crippen molar-refractivity contribution in [2.45, 2.75) is 11.8 Å². The first-order valence-corrected chi connectivity index (χ1v) is 11.0. The van der Waals surface area contributed by atoms with E-state index in [2.05, 4.69) is 9.71 Å². The van der Waals surface area contributed by atoms with Gasteiger partial charge in [-0.2, -0.15) is 0 Å². The van der Waals surface area contributed by atoms with Crippen LogP contribution < -0.4 is 4.72 Å². The zero-order chi connectivity index (χ0) is 22.0. The number of benzene rings is 3. The lowest BCUT2D eigenvalue weighted by molar-refractivity contribution is 0.0603. The summed E-state index contributed by atoms with van der Waals surface area (Å²) >= 11 is 0. The molecular formula is C24H20N2O4S. The number of hydrogen-bond acceptors (Lipinski definition) is 5. The maximum Gasteiger partial charge on any atom is 0.338 e. The van der Waals surface area contributed by atoms with Gasteiger partial charge >= 0.3 is 5.97 Å². The van der Waals surface area contributed by atoms with E-state index >= 15 is 0 Å². The van der Waals surface area contributed by atoms with Gasteiger partial charge in [0, 0.05) is 16.6 Å². The molecular weight excluding hydrogens is 412 g/mol. The summed E-state index contributed by atoms with van der Waals surface area (Å²) in [6.45, 7) is 1.90. The van der Waals surface area contributed by atoms with E-state index in [9.17, 15) is 13.2 Å². The van der Waals surface area contributed by atoms with Gasteiger partial charge in [-0.1, -0.05) is 48.0 Å². The Morgan fingerprint density at radius 3 is 2.29 bits per heavy atom. The standard InChI is InChI=1S/C24H20N2O4S/c1-16-7-13-19(14-8-16)31(28,29)26-18-11-9-17(10-12-18)23-15-21(24(27)30-2)20-5-3-4-6-22(20)25-23/h3-15,26H,1-2H3. The molecule has 0 bridgehead atoms. The second-order valence-corrected chi connectivity index (χ2v) is 8.74. The Labute approximate surface area is 180 Å². The highest BCUT2D eigenvalue weighted by Gasteiger charge is 2.16. The Morgan fingerprint density at radius 1 is 0.935 bits per heavy atom. The van der Waals surface area contributed by atoms with E-state index < -0.39 is 16.0 Å². The molecule has 0 aliphatic carbocycles. The number of pyridine rings is 1. The first kappa shape index (κ1) is 20.6. The molecule has 4 rings (SSSR count). The Morgan fingerprint density at radius 2 is 1.61 bits per heavy atom. The normalized spacial score (nSPS) is 11.3. The molecule has 0 amide bonds. The van der Waals surface area contributed by atoms with Crippen LogP contribution in [-0.4, -0.2) is 26.5 Å². The zero-order valence-electron chi connectivity index (χ0n) is 17.0. The van der Waals surface area contributed by atoms with E-state index in [1.165, 1.54) is 7.11 Å². The number of methoxy groups -OCH3 is 1. The van der Waals surface area contributed by atoms with Crippen LogP contribution in [0.4, 0.5) is 5.69 Å². The quantitative estimate of drug-likeness (QED) is 0.458. The van der Waals surface area contributed by atoms with E-state index in [4.69, 9.17) is 4.74 Å². The van der Waals surface area contributed by atoms with Crippen molar-refractivity contribution >= 4 is 32.6 Å². The molecule has 1 N–H and O–H groups in total. The summed E-state index contributed by atoms with van der Waals surface area (Å²) in [5, 5.41) is 0.709. The van der Waals surface area contributed by atoms with Crippen molar-refractivity contribution in [1.29, 1.82) is 0 Å². The number of rotatable bonds is 5. The van der Waals surface area contributed by atoms with Gasteiger partial charge < -0.3 is 4.74 Å². The second-order valence-electron chi connectivity index (χ2n) is 7.06. The number of nitrogens with one attached hydrogen (secondary N) is 1. The van der Waals surface area contributed by atoms with Gasteiger partial charge in [-0.25, -0.2) is 18.2 Å². The summed E-state index contributed by atoms with van der Waals surface area (Å²) in [5.41, 5.74) is 3.84. The lowest BCUT2D eigenvalue weighted by atomic mass is 10.0. The summed E-state index contributed by atoms with van der Waals surface area (Å²) in [6.07, 6.45) is 0. The molecule has 0 aliphatic heterocycles.